The summed E-state index contributed by atoms with van der Waals surface area (Å²) in [5, 5.41) is 2.82. The van der Waals surface area contributed by atoms with Gasteiger partial charge in [0.05, 0.1) is 14.2 Å². The molecular weight excluding hydrogens is 246 g/mol. The molecule has 1 unspecified atom stereocenters. The molecule has 0 aliphatic carbocycles. The van der Waals surface area contributed by atoms with E-state index in [-0.39, 0.29) is 18.5 Å². The van der Waals surface area contributed by atoms with E-state index in [2.05, 4.69) is 5.32 Å². The first-order valence-electron chi connectivity index (χ1n) is 6.17. The molecule has 6 nitrogen and oxygen atoms in total. The fourth-order valence-electron chi connectivity index (χ4n) is 2.26. The zero-order valence-electron chi connectivity index (χ0n) is 11.2. The van der Waals surface area contributed by atoms with Crippen LogP contribution in [0, 0.1) is 0 Å². The quantitative estimate of drug-likeness (QED) is 0.799. The molecule has 0 saturated carbocycles. The van der Waals surface area contributed by atoms with Crippen LogP contribution in [-0.2, 0) is 4.79 Å². The minimum absolute atomic E-state index is 0.0384. The van der Waals surface area contributed by atoms with E-state index in [1.807, 2.05) is 23.1 Å². The van der Waals surface area contributed by atoms with Gasteiger partial charge >= 0.3 is 0 Å². The molecule has 1 aliphatic heterocycles. The molecule has 2 rings (SSSR count). The highest BCUT2D eigenvalue weighted by Crippen LogP contribution is 2.32. The highest BCUT2D eigenvalue weighted by molar-refractivity contribution is 5.87. The number of amides is 1. The first-order valence-corrected chi connectivity index (χ1v) is 6.17. The van der Waals surface area contributed by atoms with Crippen molar-refractivity contribution in [3.8, 4) is 11.5 Å². The van der Waals surface area contributed by atoms with Gasteiger partial charge in [0.2, 0.25) is 5.91 Å². The molecule has 3 N–H and O–H groups in total. The van der Waals surface area contributed by atoms with Crippen LogP contribution < -0.4 is 25.4 Å². The van der Waals surface area contributed by atoms with E-state index in [0.717, 1.165) is 12.2 Å². The minimum atomic E-state index is -0.341. The zero-order valence-corrected chi connectivity index (χ0v) is 11.2. The first kappa shape index (κ1) is 13.5. The second-order valence-electron chi connectivity index (χ2n) is 4.28. The number of piperazine rings is 1. The van der Waals surface area contributed by atoms with Gasteiger partial charge in [0.1, 0.15) is 6.04 Å². The molecule has 1 aromatic rings. The number of carbonyl (C=O) groups is 1. The molecule has 1 saturated heterocycles. The standard InChI is InChI=1S/C13H19N3O3/c1-18-11-4-3-9(7-12(11)19-2)16-6-5-15-13(17)10(16)8-14/h3-4,7,10H,5-6,8,14H2,1-2H3,(H,15,17). The molecule has 6 heteroatoms. The lowest BCUT2D eigenvalue weighted by molar-refractivity contribution is -0.123. The monoisotopic (exact) mass is 265 g/mol. The average molecular weight is 265 g/mol. The fourth-order valence-corrected chi connectivity index (χ4v) is 2.26. The Balaban J connectivity index is 2.32. The van der Waals surface area contributed by atoms with Crippen LogP contribution in [0.25, 0.3) is 0 Å². The van der Waals surface area contributed by atoms with E-state index in [0.29, 0.717) is 18.0 Å². The molecule has 1 aliphatic rings. The summed E-state index contributed by atoms with van der Waals surface area (Å²) >= 11 is 0. The Morgan fingerprint density at radius 1 is 1.37 bits per heavy atom. The highest BCUT2D eigenvalue weighted by atomic mass is 16.5. The molecule has 1 aromatic carbocycles. The summed E-state index contributed by atoms with van der Waals surface area (Å²) in [6.07, 6.45) is 0. The minimum Gasteiger partial charge on any atom is -0.493 e. The van der Waals surface area contributed by atoms with E-state index in [9.17, 15) is 4.79 Å². The number of methoxy groups -OCH3 is 2. The van der Waals surface area contributed by atoms with Crippen LogP contribution in [0.2, 0.25) is 0 Å². The molecule has 104 valence electrons. The maximum absolute atomic E-state index is 11.8. The third kappa shape index (κ3) is 2.58. The summed E-state index contributed by atoms with van der Waals surface area (Å²) in [5.41, 5.74) is 6.60. The van der Waals surface area contributed by atoms with Gasteiger partial charge in [0.25, 0.3) is 0 Å². The predicted molar refractivity (Wildman–Crippen MR) is 72.7 cm³/mol. The van der Waals surface area contributed by atoms with E-state index in [4.69, 9.17) is 15.2 Å². The van der Waals surface area contributed by atoms with E-state index < -0.39 is 0 Å². The van der Waals surface area contributed by atoms with Crippen molar-refractivity contribution >= 4 is 11.6 Å². The Hall–Kier alpha value is -1.95. The maximum Gasteiger partial charge on any atom is 0.244 e. The molecule has 0 radical (unpaired) electrons. The van der Waals surface area contributed by atoms with Crippen molar-refractivity contribution in [2.75, 3.05) is 38.8 Å². The molecule has 0 spiro atoms. The molecule has 1 heterocycles. The smallest absolute Gasteiger partial charge is 0.244 e. The number of hydrogen-bond acceptors (Lipinski definition) is 5. The molecular formula is C13H19N3O3. The fraction of sp³-hybridized carbons (Fsp3) is 0.462. The normalized spacial score (nSPS) is 19.0. The molecule has 1 atom stereocenters. The van der Waals surface area contributed by atoms with Crippen molar-refractivity contribution in [1.29, 1.82) is 0 Å². The van der Waals surface area contributed by atoms with Crippen LogP contribution >= 0.6 is 0 Å². The lowest BCUT2D eigenvalue weighted by Crippen LogP contribution is -2.58. The van der Waals surface area contributed by atoms with Crippen molar-refractivity contribution in [2.24, 2.45) is 5.73 Å². The third-order valence-electron chi connectivity index (χ3n) is 3.25. The number of nitrogens with two attached hydrogens (primary N) is 1. The molecule has 0 bridgehead atoms. The van der Waals surface area contributed by atoms with Crippen molar-refractivity contribution in [2.45, 2.75) is 6.04 Å². The maximum atomic E-state index is 11.8. The SMILES string of the molecule is COc1ccc(N2CCNC(=O)C2CN)cc1OC. The summed E-state index contributed by atoms with van der Waals surface area (Å²) in [5.74, 6) is 1.27. The molecule has 1 amide bonds. The van der Waals surface area contributed by atoms with Gasteiger partial charge in [0, 0.05) is 31.4 Å². The van der Waals surface area contributed by atoms with Crippen molar-refractivity contribution in [3.63, 3.8) is 0 Å². The van der Waals surface area contributed by atoms with Crippen molar-refractivity contribution in [3.05, 3.63) is 18.2 Å². The second kappa shape index (κ2) is 5.79. The van der Waals surface area contributed by atoms with E-state index in [1.165, 1.54) is 0 Å². The topological polar surface area (TPSA) is 76.8 Å². The van der Waals surface area contributed by atoms with Gasteiger partial charge in [-0.25, -0.2) is 0 Å². The van der Waals surface area contributed by atoms with Crippen molar-refractivity contribution in [1.82, 2.24) is 5.32 Å². The number of carbonyl (C=O) groups excluding carboxylic acids is 1. The van der Waals surface area contributed by atoms with Crippen LogP contribution in [0.5, 0.6) is 11.5 Å². The number of benzene rings is 1. The van der Waals surface area contributed by atoms with Crippen LogP contribution in [0.3, 0.4) is 0 Å². The largest absolute Gasteiger partial charge is 0.493 e. The second-order valence-corrected chi connectivity index (χ2v) is 4.28. The van der Waals surface area contributed by atoms with Crippen LogP contribution in [0.4, 0.5) is 5.69 Å². The van der Waals surface area contributed by atoms with Gasteiger partial charge in [-0.05, 0) is 12.1 Å². The number of anilines is 1. The molecule has 1 fully saturated rings. The Morgan fingerprint density at radius 3 is 2.74 bits per heavy atom. The summed E-state index contributed by atoms with van der Waals surface area (Å²) < 4.78 is 10.5. The highest BCUT2D eigenvalue weighted by Gasteiger charge is 2.28. The Kier molecular flexibility index (Phi) is 4.11. The van der Waals surface area contributed by atoms with Gasteiger partial charge in [-0.15, -0.1) is 0 Å². The molecule has 19 heavy (non-hydrogen) atoms. The van der Waals surface area contributed by atoms with Gasteiger partial charge in [-0.1, -0.05) is 0 Å². The van der Waals surface area contributed by atoms with Crippen molar-refractivity contribution < 1.29 is 14.3 Å². The van der Waals surface area contributed by atoms with Gasteiger partial charge < -0.3 is 25.4 Å². The van der Waals surface area contributed by atoms with Crippen LogP contribution in [-0.4, -0.2) is 45.8 Å². The Morgan fingerprint density at radius 2 is 2.11 bits per heavy atom. The lowest BCUT2D eigenvalue weighted by Gasteiger charge is -2.36. The number of rotatable bonds is 4. The van der Waals surface area contributed by atoms with Gasteiger partial charge in [-0.2, -0.15) is 0 Å². The summed E-state index contributed by atoms with van der Waals surface area (Å²) in [7, 11) is 3.18. The Bertz CT molecular complexity index is 464. The average Bonchev–Trinajstić information content (AvgIpc) is 2.46. The summed E-state index contributed by atoms with van der Waals surface area (Å²) in [4.78, 5) is 13.8. The number of ether oxygens (including phenoxy) is 2. The molecule has 0 aromatic heterocycles. The summed E-state index contributed by atoms with van der Waals surface area (Å²) in [6.45, 7) is 1.62. The zero-order chi connectivity index (χ0) is 13.8. The Labute approximate surface area is 112 Å². The first-order chi connectivity index (χ1) is 9.21. The predicted octanol–water partition coefficient (Wildman–Crippen LogP) is -0.0327. The van der Waals surface area contributed by atoms with E-state index >= 15 is 0 Å². The van der Waals surface area contributed by atoms with Gasteiger partial charge in [0.15, 0.2) is 11.5 Å². The van der Waals surface area contributed by atoms with Crippen LogP contribution in [0.15, 0.2) is 18.2 Å². The number of nitrogens with one attached hydrogen (secondary N) is 1. The number of nitrogens with zero attached hydrogens (tertiary/aromatic N) is 1. The van der Waals surface area contributed by atoms with Gasteiger partial charge in [-0.3, -0.25) is 4.79 Å². The van der Waals surface area contributed by atoms with E-state index in [1.54, 1.807) is 14.2 Å². The lowest BCUT2D eigenvalue weighted by atomic mass is 10.1. The van der Waals surface area contributed by atoms with Crippen LogP contribution in [0.1, 0.15) is 0 Å². The number of hydrogen-bond donors (Lipinski definition) is 2. The summed E-state index contributed by atoms with van der Waals surface area (Å²) in [6, 6.07) is 5.25. The third-order valence-corrected chi connectivity index (χ3v) is 3.25.